The summed E-state index contributed by atoms with van der Waals surface area (Å²) in [6.07, 6.45) is 2.97. The zero-order chi connectivity index (χ0) is 18.8. The number of nitrogens with one attached hydrogen (secondary N) is 1. The van der Waals surface area contributed by atoms with Crippen LogP contribution in [-0.4, -0.2) is 23.7 Å². The van der Waals surface area contributed by atoms with Crippen LogP contribution in [0.5, 0.6) is 5.75 Å². The molecule has 1 amide bonds. The smallest absolute Gasteiger partial charge is 0.259 e. The molecule has 132 valence electrons. The third-order valence-corrected chi connectivity index (χ3v) is 4.28. The second-order valence-corrected chi connectivity index (χ2v) is 5.85. The zero-order valence-electron chi connectivity index (χ0n) is 14.4. The standard InChI is InChI=1S/C20H14N4O3/c1-26-19-12(8-21)3-2-4-15(19)20(25)24-14-6-5-13-9-23-18(16(13)7-14)17-10-22-11-27-17/h2-7,10-11H,9H2,1H3,(H,24,25). The van der Waals surface area contributed by atoms with E-state index < -0.39 is 0 Å². The van der Waals surface area contributed by atoms with E-state index in [1.807, 2.05) is 24.3 Å². The molecule has 0 aliphatic carbocycles. The van der Waals surface area contributed by atoms with Crippen LogP contribution in [0, 0.1) is 11.3 Å². The van der Waals surface area contributed by atoms with Gasteiger partial charge in [-0.25, -0.2) is 4.98 Å². The number of rotatable bonds is 4. The van der Waals surface area contributed by atoms with Crippen molar-refractivity contribution in [3.05, 3.63) is 77.0 Å². The predicted octanol–water partition coefficient (Wildman–Crippen LogP) is 3.16. The highest BCUT2D eigenvalue weighted by Crippen LogP contribution is 2.28. The van der Waals surface area contributed by atoms with Crippen LogP contribution in [0.15, 0.2) is 58.4 Å². The number of carbonyl (C=O) groups excluding carboxylic acids is 1. The second-order valence-electron chi connectivity index (χ2n) is 5.85. The monoisotopic (exact) mass is 358 g/mol. The lowest BCUT2D eigenvalue weighted by atomic mass is 10.0. The van der Waals surface area contributed by atoms with Gasteiger partial charge >= 0.3 is 0 Å². The molecular weight excluding hydrogens is 344 g/mol. The summed E-state index contributed by atoms with van der Waals surface area (Å²) < 4.78 is 10.6. The molecule has 1 N–H and O–H groups in total. The Morgan fingerprint density at radius 3 is 2.96 bits per heavy atom. The fourth-order valence-corrected chi connectivity index (χ4v) is 3.03. The van der Waals surface area contributed by atoms with E-state index in [1.54, 1.807) is 24.4 Å². The number of para-hydroxylation sites is 1. The van der Waals surface area contributed by atoms with E-state index in [1.165, 1.54) is 13.5 Å². The first-order valence-corrected chi connectivity index (χ1v) is 8.16. The summed E-state index contributed by atoms with van der Waals surface area (Å²) >= 11 is 0. The average Bonchev–Trinajstić information content (AvgIpc) is 3.36. The van der Waals surface area contributed by atoms with Crippen LogP contribution in [0.25, 0.3) is 0 Å². The van der Waals surface area contributed by atoms with E-state index in [0.29, 0.717) is 34.8 Å². The molecule has 0 radical (unpaired) electrons. The van der Waals surface area contributed by atoms with Gasteiger partial charge in [0.1, 0.15) is 17.5 Å². The van der Waals surface area contributed by atoms with E-state index >= 15 is 0 Å². The molecule has 2 heterocycles. The van der Waals surface area contributed by atoms with Gasteiger partial charge in [0, 0.05) is 11.3 Å². The van der Waals surface area contributed by atoms with Crippen molar-refractivity contribution >= 4 is 17.3 Å². The van der Waals surface area contributed by atoms with Gasteiger partial charge in [0.05, 0.1) is 31.0 Å². The third-order valence-electron chi connectivity index (χ3n) is 4.28. The van der Waals surface area contributed by atoms with Gasteiger partial charge in [-0.1, -0.05) is 12.1 Å². The Hall–Kier alpha value is -3.92. The highest BCUT2D eigenvalue weighted by Gasteiger charge is 2.21. The number of fused-ring (bicyclic) bond motifs is 1. The Labute approximate surface area is 154 Å². The maximum absolute atomic E-state index is 12.7. The number of anilines is 1. The summed E-state index contributed by atoms with van der Waals surface area (Å²) in [5.74, 6) is 0.475. The van der Waals surface area contributed by atoms with Crippen molar-refractivity contribution in [1.29, 1.82) is 5.26 Å². The number of hydrogen-bond acceptors (Lipinski definition) is 6. The highest BCUT2D eigenvalue weighted by molar-refractivity contribution is 6.14. The van der Waals surface area contributed by atoms with Crippen molar-refractivity contribution in [2.75, 3.05) is 12.4 Å². The Balaban J connectivity index is 1.64. The van der Waals surface area contributed by atoms with Gasteiger partial charge in [-0.05, 0) is 29.8 Å². The Morgan fingerprint density at radius 2 is 2.22 bits per heavy atom. The summed E-state index contributed by atoms with van der Waals surface area (Å²) in [4.78, 5) is 21.1. The fourth-order valence-electron chi connectivity index (χ4n) is 3.03. The molecule has 1 aromatic heterocycles. The molecule has 0 atom stereocenters. The highest BCUT2D eigenvalue weighted by atomic mass is 16.5. The van der Waals surface area contributed by atoms with E-state index in [-0.39, 0.29) is 11.7 Å². The fraction of sp³-hybridized carbons (Fsp3) is 0.100. The summed E-state index contributed by atoms with van der Waals surface area (Å²) in [6, 6.07) is 12.5. The molecule has 0 saturated heterocycles. The van der Waals surface area contributed by atoms with Gasteiger partial charge in [-0.2, -0.15) is 5.26 Å². The van der Waals surface area contributed by atoms with Crippen LogP contribution in [0.3, 0.4) is 0 Å². The Morgan fingerprint density at radius 1 is 1.33 bits per heavy atom. The SMILES string of the molecule is COc1c(C#N)cccc1C(=O)Nc1ccc2c(c1)C(c1cnco1)=NC2. The molecule has 27 heavy (non-hydrogen) atoms. The molecule has 7 heteroatoms. The first-order valence-electron chi connectivity index (χ1n) is 8.16. The minimum absolute atomic E-state index is 0.252. The van der Waals surface area contributed by atoms with Crippen LogP contribution >= 0.6 is 0 Å². The van der Waals surface area contributed by atoms with Gasteiger partial charge in [0.2, 0.25) is 0 Å². The number of aliphatic imine (C=N–C) groups is 1. The lowest BCUT2D eigenvalue weighted by Crippen LogP contribution is -2.14. The number of nitrogens with zero attached hydrogens (tertiary/aromatic N) is 3. The molecule has 1 aliphatic rings. The lowest BCUT2D eigenvalue weighted by Gasteiger charge is -2.11. The third kappa shape index (κ3) is 2.93. The molecule has 3 aromatic rings. The molecule has 2 aromatic carbocycles. The van der Waals surface area contributed by atoms with Crippen molar-refractivity contribution in [1.82, 2.24) is 4.98 Å². The Kier molecular flexibility index (Phi) is 4.15. The normalized spacial score (nSPS) is 12.1. The minimum atomic E-state index is -0.361. The maximum Gasteiger partial charge on any atom is 0.259 e. The van der Waals surface area contributed by atoms with Gasteiger partial charge in [0.15, 0.2) is 12.2 Å². The summed E-state index contributed by atoms with van der Waals surface area (Å²) in [6.45, 7) is 0.553. The predicted molar refractivity (Wildman–Crippen MR) is 98.0 cm³/mol. The van der Waals surface area contributed by atoms with Crippen molar-refractivity contribution in [3.63, 3.8) is 0 Å². The number of carbonyl (C=O) groups is 1. The van der Waals surface area contributed by atoms with Crippen LogP contribution in [-0.2, 0) is 6.54 Å². The summed E-state index contributed by atoms with van der Waals surface area (Å²) in [5.41, 5.74) is 3.85. The number of hydrogen-bond donors (Lipinski definition) is 1. The molecule has 0 bridgehead atoms. The summed E-state index contributed by atoms with van der Waals surface area (Å²) in [5, 5.41) is 12.0. The number of oxazole rings is 1. The van der Waals surface area contributed by atoms with Crippen LogP contribution < -0.4 is 10.1 Å². The number of ether oxygens (including phenoxy) is 1. The molecule has 0 spiro atoms. The second kappa shape index (κ2) is 6.77. The first-order chi connectivity index (χ1) is 13.2. The van der Waals surface area contributed by atoms with Gasteiger partial charge in [0.25, 0.3) is 5.91 Å². The zero-order valence-corrected chi connectivity index (χ0v) is 14.4. The van der Waals surface area contributed by atoms with Crippen LogP contribution in [0.2, 0.25) is 0 Å². The number of nitriles is 1. The van der Waals surface area contributed by atoms with Crippen molar-refractivity contribution in [2.24, 2.45) is 4.99 Å². The molecule has 7 nitrogen and oxygen atoms in total. The quantitative estimate of drug-likeness (QED) is 0.772. The Bertz CT molecular complexity index is 1090. The van der Waals surface area contributed by atoms with E-state index in [2.05, 4.69) is 15.3 Å². The van der Waals surface area contributed by atoms with Crippen molar-refractivity contribution in [3.8, 4) is 11.8 Å². The lowest BCUT2D eigenvalue weighted by molar-refractivity contribution is 0.102. The topological polar surface area (TPSA) is 101 Å². The van der Waals surface area contributed by atoms with Gasteiger partial charge in [-0.3, -0.25) is 9.79 Å². The number of methoxy groups -OCH3 is 1. The van der Waals surface area contributed by atoms with E-state index in [0.717, 1.165) is 11.1 Å². The van der Waals surface area contributed by atoms with Crippen LogP contribution in [0.1, 0.15) is 32.8 Å². The molecule has 0 saturated carbocycles. The minimum Gasteiger partial charge on any atom is -0.495 e. The number of amides is 1. The maximum atomic E-state index is 12.7. The number of benzene rings is 2. The van der Waals surface area contributed by atoms with E-state index in [4.69, 9.17) is 9.15 Å². The van der Waals surface area contributed by atoms with Crippen molar-refractivity contribution in [2.45, 2.75) is 6.54 Å². The largest absolute Gasteiger partial charge is 0.495 e. The average molecular weight is 358 g/mol. The van der Waals surface area contributed by atoms with Gasteiger partial charge in [-0.15, -0.1) is 0 Å². The van der Waals surface area contributed by atoms with E-state index in [9.17, 15) is 10.1 Å². The molecule has 0 unspecified atom stereocenters. The van der Waals surface area contributed by atoms with Crippen molar-refractivity contribution < 1.29 is 13.9 Å². The summed E-state index contributed by atoms with van der Waals surface area (Å²) in [7, 11) is 1.43. The van der Waals surface area contributed by atoms with Crippen LogP contribution in [0.4, 0.5) is 5.69 Å². The first kappa shape index (κ1) is 16.5. The molecule has 4 rings (SSSR count). The van der Waals surface area contributed by atoms with Gasteiger partial charge < -0.3 is 14.5 Å². The molecular formula is C20H14N4O3. The molecule has 0 fully saturated rings. The number of aromatic nitrogens is 1. The molecule has 1 aliphatic heterocycles.